The van der Waals surface area contributed by atoms with Gasteiger partial charge in [0.15, 0.2) is 0 Å². The van der Waals surface area contributed by atoms with Crippen LogP contribution in [0.25, 0.3) is 111 Å². The molecular weight excluding hydrogens is 1180 g/mol. The zero-order valence-electron chi connectivity index (χ0n) is 76.9. The summed E-state index contributed by atoms with van der Waals surface area (Å²) < 4.78 is 267. The van der Waals surface area contributed by atoms with Crippen LogP contribution >= 0.6 is 0 Å². The number of rotatable bonds is 9. The lowest BCUT2D eigenvalue weighted by Gasteiger charge is -2.46. The molecule has 0 radical (unpaired) electrons. The number of nitrogens with zero attached hydrogens (tertiary/aromatic N) is 2. The average Bonchev–Trinajstić information content (AvgIpc) is 1.61. The highest BCUT2D eigenvalue weighted by Gasteiger charge is 2.46. The number of furan rings is 2. The van der Waals surface area contributed by atoms with E-state index in [1.165, 1.54) is 9.80 Å². The summed E-state index contributed by atoms with van der Waals surface area (Å²) in [7, 11) is 0. The van der Waals surface area contributed by atoms with Crippen molar-refractivity contribution in [1.29, 1.82) is 0 Å². The largest absolute Gasteiger partial charge is 0.456 e. The summed E-state index contributed by atoms with van der Waals surface area (Å²) in [4.78, 5) is 3.07. The van der Waals surface area contributed by atoms with Gasteiger partial charge in [-0.05, 0) is 144 Å². The molecule has 0 N–H and O–H groups in total. The molecule has 20 rings (SSSR count). The quantitative estimate of drug-likeness (QED) is 0.135. The topological polar surface area (TPSA) is 32.8 Å². The zero-order valence-corrected chi connectivity index (χ0v) is 50.9. The van der Waals surface area contributed by atoms with Crippen LogP contribution in [0, 0.1) is 0 Å². The van der Waals surface area contributed by atoms with Gasteiger partial charge >= 0.3 is 0 Å². The van der Waals surface area contributed by atoms with Gasteiger partial charge in [0.25, 0.3) is 6.71 Å². The minimum absolute atomic E-state index is 0.0120. The molecule has 4 nitrogen and oxygen atoms in total. The third-order valence-electron chi connectivity index (χ3n) is 19.1. The number of hydrogen-bond acceptors (Lipinski definition) is 4. The van der Waals surface area contributed by atoms with Crippen molar-refractivity contribution in [3.8, 4) is 66.8 Å². The van der Waals surface area contributed by atoms with E-state index in [4.69, 9.17) is 14.3 Å². The maximum atomic E-state index is 10.5. The second-order valence-corrected chi connectivity index (χ2v) is 24.1. The minimum atomic E-state index is -1.28. The van der Waals surface area contributed by atoms with Crippen LogP contribution in [0.4, 0.5) is 34.1 Å². The van der Waals surface area contributed by atoms with E-state index in [-0.39, 0.29) is 28.2 Å². The molecule has 0 fully saturated rings. The SMILES string of the molecule is [2H]c1c([2H])c([2H])c(-c2c([2H])c([2H])c([2H])c(-c3c([2H])c([2H])c([2H])c([2H])c3[2H])c2N2c3ccc(-c4cccc5oc6ccccc6c45)cc3B3c4cc(-c5cccc6oc7ccccc7c56)ccc4N(c4c(-c5c([2H])c([2H])c([2H])c([2H])c5[2H])c([2H])c([2H])c([2H])c4-c4c([2H])c([2H])c([2H])c([2H])c4[2H])c4cc(C5c6ccccc6Cc6ccccc65)cc2c43)c([2H])c1[2H]. The molecule has 5 heteroatoms. The van der Waals surface area contributed by atoms with Gasteiger partial charge in [-0.15, -0.1) is 0 Å². The summed E-state index contributed by atoms with van der Waals surface area (Å²) in [6, 6.07) is 32.1. The molecule has 0 bridgehead atoms. The van der Waals surface area contributed by atoms with Crippen molar-refractivity contribution in [1.82, 2.24) is 0 Å². The first-order valence-electron chi connectivity index (χ1n) is 44.5. The Morgan fingerprint density at radius 1 is 0.320 bits per heavy atom. The van der Waals surface area contributed by atoms with E-state index >= 15 is 0 Å². The van der Waals surface area contributed by atoms with Gasteiger partial charge in [-0.25, -0.2) is 0 Å². The Hall–Kier alpha value is -12.4. The van der Waals surface area contributed by atoms with Crippen LogP contribution in [0.2, 0.25) is 0 Å². The van der Waals surface area contributed by atoms with Gasteiger partial charge in [-0.3, -0.25) is 0 Å². The fourth-order valence-corrected chi connectivity index (χ4v) is 15.2. The standard InChI is InChI=1S/C92H59BN2O2/c1-5-25-58(26-6-1)71-41-21-42-72(59-27-7-2-8-28-59)91(71)94-79-51-49-64(69-39-23-47-85-88(69)75-37-17-19-45-83(75)96-85)54-77(79)93-78-55-65(70-40-24-48-86-89(70)76-38-18-20-46-84(76)97-86)50-52-80(78)95(92-73(60-29-9-3-10-30-60)43-22-44-74(92)61-31-11-4-12-32-61)82-57-66(56-81(94)90(82)93)87-67-35-15-13-33-62(67)53-63-34-14-16-36-68(63)87/h1-52,54-57,87H,53H2/i1D,2D,3D,4D,5D,6D,7D,8D,9D,10D,11D,12D,21D,22D,25D,26D,27D,28D,29D,30D,31D,32D,41D,42D,43D,44D. The minimum Gasteiger partial charge on any atom is -0.456 e. The van der Waals surface area contributed by atoms with Crippen LogP contribution in [0.15, 0.2) is 348 Å². The fraction of sp³-hybridized carbons (Fsp3) is 0.0217. The van der Waals surface area contributed by atoms with Crippen molar-refractivity contribution in [2.24, 2.45) is 0 Å². The molecule has 0 saturated heterocycles. The molecule has 17 aromatic rings. The highest BCUT2D eigenvalue weighted by atomic mass is 16.3. The van der Waals surface area contributed by atoms with Gasteiger partial charge in [-0.1, -0.05) is 291 Å². The lowest BCUT2D eigenvalue weighted by Crippen LogP contribution is -2.61. The molecule has 3 aliphatic rings. The Balaban J connectivity index is 1.07. The summed E-state index contributed by atoms with van der Waals surface area (Å²) in [5.74, 6) is -0.900. The first kappa shape index (κ1) is 35.2. The molecule has 0 atom stereocenters. The van der Waals surface area contributed by atoms with Gasteiger partial charge in [0, 0.05) is 72.5 Å². The maximum Gasteiger partial charge on any atom is 0.252 e. The molecule has 2 aromatic heterocycles. The third-order valence-corrected chi connectivity index (χ3v) is 19.1. The van der Waals surface area contributed by atoms with Crippen molar-refractivity contribution in [2.75, 3.05) is 9.80 Å². The molecule has 0 spiro atoms. The lowest BCUT2D eigenvalue weighted by molar-refractivity contribution is 0.668. The van der Waals surface area contributed by atoms with Gasteiger partial charge in [0.2, 0.25) is 0 Å². The van der Waals surface area contributed by atoms with E-state index in [9.17, 15) is 30.2 Å². The summed E-state index contributed by atoms with van der Waals surface area (Å²) >= 11 is 0. The molecule has 15 aromatic carbocycles. The van der Waals surface area contributed by atoms with Crippen molar-refractivity contribution in [3.63, 3.8) is 0 Å². The number of anilines is 6. The summed E-state index contributed by atoms with van der Waals surface area (Å²) in [5, 5.41) is 2.78. The molecule has 1 aliphatic carbocycles. The molecule has 0 amide bonds. The van der Waals surface area contributed by atoms with Crippen LogP contribution in [0.3, 0.4) is 0 Å². The molecule has 97 heavy (non-hydrogen) atoms. The highest BCUT2D eigenvalue weighted by molar-refractivity contribution is 7.00. The normalized spacial score (nSPS) is 16.8. The Labute approximate surface area is 599 Å². The van der Waals surface area contributed by atoms with E-state index in [1.54, 1.807) is 36.4 Å². The molecule has 2 aliphatic heterocycles. The van der Waals surface area contributed by atoms with E-state index in [1.807, 2.05) is 146 Å². The molecule has 452 valence electrons. The van der Waals surface area contributed by atoms with Crippen LogP contribution in [-0.4, -0.2) is 6.71 Å². The van der Waals surface area contributed by atoms with Gasteiger partial charge in [-0.2, -0.15) is 0 Å². The first-order valence-corrected chi connectivity index (χ1v) is 31.5. The second kappa shape index (κ2) is 22.1. The first-order chi connectivity index (χ1) is 58.9. The molecule has 4 heterocycles. The number of para-hydroxylation sites is 4. The van der Waals surface area contributed by atoms with E-state index in [2.05, 4.69) is 0 Å². The van der Waals surface area contributed by atoms with Gasteiger partial charge in [0.05, 0.1) is 47.0 Å². The fourth-order valence-electron chi connectivity index (χ4n) is 15.2. The van der Waals surface area contributed by atoms with Crippen LogP contribution in [-0.2, 0) is 6.42 Å². The van der Waals surface area contributed by atoms with Crippen molar-refractivity contribution in [3.05, 3.63) is 367 Å². The number of benzene rings is 15. The van der Waals surface area contributed by atoms with Gasteiger partial charge < -0.3 is 18.6 Å². The van der Waals surface area contributed by atoms with Crippen molar-refractivity contribution >= 4 is 101 Å². The predicted molar refractivity (Wildman–Crippen MR) is 404 cm³/mol. The Bertz CT molecular complexity index is 6940. The number of fused-ring (bicyclic) bond motifs is 12. The van der Waals surface area contributed by atoms with Crippen LogP contribution < -0.4 is 26.2 Å². The van der Waals surface area contributed by atoms with E-state index in [0.29, 0.717) is 78.3 Å². The number of hydrogen-bond donors (Lipinski definition) is 0. The van der Waals surface area contributed by atoms with Crippen molar-refractivity contribution < 1.29 is 44.5 Å². The Morgan fingerprint density at radius 2 is 0.701 bits per heavy atom. The lowest BCUT2D eigenvalue weighted by atomic mass is 9.33. The van der Waals surface area contributed by atoms with Gasteiger partial charge in [0.1, 0.15) is 22.3 Å². The van der Waals surface area contributed by atoms with Crippen LogP contribution in [0.5, 0.6) is 0 Å². The smallest absolute Gasteiger partial charge is 0.252 e. The zero-order chi connectivity index (χ0) is 86.3. The summed E-state index contributed by atoms with van der Waals surface area (Å²) in [6.07, 6.45) is 0.415. The molecule has 0 unspecified atom stereocenters. The Morgan fingerprint density at radius 3 is 1.12 bits per heavy atom. The predicted octanol–water partition coefficient (Wildman–Crippen LogP) is 22.7. The molecule has 0 saturated carbocycles. The highest BCUT2D eigenvalue weighted by Crippen LogP contribution is 2.55. The Kier molecular flexibility index (Phi) is 8.01. The average molecular weight is 1260 g/mol. The summed E-state index contributed by atoms with van der Waals surface area (Å²) in [5.41, 5.74) is 2.21. The summed E-state index contributed by atoms with van der Waals surface area (Å²) in [6.45, 7) is -1.28. The van der Waals surface area contributed by atoms with E-state index in [0.717, 1.165) is 33.0 Å². The third kappa shape index (κ3) is 8.65. The molecular formula is C92H59BN2O2. The second-order valence-electron chi connectivity index (χ2n) is 24.1. The van der Waals surface area contributed by atoms with E-state index < -0.39 is 226 Å². The van der Waals surface area contributed by atoms with Crippen LogP contribution in [0.1, 0.15) is 69.4 Å². The maximum absolute atomic E-state index is 10.5. The van der Waals surface area contributed by atoms with Crippen molar-refractivity contribution in [2.45, 2.75) is 12.3 Å². The monoisotopic (exact) mass is 1260 g/mol.